The van der Waals surface area contributed by atoms with Crippen molar-refractivity contribution in [3.63, 3.8) is 0 Å². The van der Waals surface area contributed by atoms with E-state index in [9.17, 15) is 14.4 Å². The maximum atomic E-state index is 15.7. The summed E-state index contributed by atoms with van der Waals surface area (Å²) in [4.78, 5) is 67.7. The normalized spacial score (nSPS) is 17.7. The first kappa shape index (κ1) is 50.7. The summed E-state index contributed by atoms with van der Waals surface area (Å²) in [6, 6.07) is 46.6. The third kappa shape index (κ3) is 10.7. The molecule has 2 aliphatic rings. The van der Waals surface area contributed by atoms with Crippen LogP contribution in [-0.2, 0) is 57.4 Å². The average molecular weight is 1050 g/mol. The molecule has 5 aromatic carbocycles. The zero-order chi connectivity index (χ0) is 51.2. The Kier molecular flexibility index (Phi) is 15.2. The topological polar surface area (TPSA) is 202 Å². The lowest BCUT2D eigenvalue weighted by Crippen LogP contribution is -2.69. The van der Waals surface area contributed by atoms with Crippen LogP contribution in [0.4, 0.5) is 9.93 Å². The van der Waals surface area contributed by atoms with Gasteiger partial charge >= 0.3 is 12.1 Å². The average Bonchev–Trinajstić information content (AvgIpc) is 4.04. The predicted octanol–water partition coefficient (Wildman–Crippen LogP) is 9.23. The monoisotopic (exact) mass is 1050 g/mol. The first-order chi connectivity index (χ1) is 35.3. The van der Waals surface area contributed by atoms with E-state index in [2.05, 4.69) is 26.0 Å². The number of rotatable bonds is 17. The number of nitrogens with one attached hydrogen (secondary N) is 2. The highest BCUT2D eigenvalue weighted by molar-refractivity contribution is 8.18. The van der Waals surface area contributed by atoms with E-state index in [1.165, 1.54) is 28.4 Å². The van der Waals surface area contributed by atoms with Crippen molar-refractivity contribution in [2.75, 3.05) is 10.4 Å². The van der Waals surface area contributed by atoms with Crippen LogP contribution in [0.15, 0.2) is 184 Å². The van der Waals surface area contributed by atoms with Crippen LogP contribution in [0.2, 0.25) is 0 Å². The number of benzene rings is 5. The highest BCUT2D eigenvalue weighted by atomic mass is 32.2. The van der Waals surface area contributed by atoms with Gasteiger partial charge in [-0.15, -0.1) is 33.3 Å². The van der Waals surface area contributed by atoms with E-state index in [0.717, 1.165) is 29.3 Å². The van der Waals surface area contributed by atoms with Gasteiger partial charge < -0.3 is 23.4 Å². The Morgan fingerprint density at radius 3 is 1.92 bits per heavy atom. The molecule has 2 unspecified atom stereocenters. The summed E-state index contributed by atoms with van der Waals surface area (Å²) >= 11 is 0.963. The summed E-state index contributed by atoms with van der Waals surface area (Å²) < 4.78 is 29.4. The highest BCUT2D eigenvalue weighted by Crippen LogP contribution is 2.55. The van der Waals surface area contributed by atoms with Crippen LogP contribution < -0.4 is 10.6 Å². The van der Waals surface area contributed by atoms with E-state index >= 15 is 9.35 Å². The fourth-order valence-corrected chi connectivity index (χ4v) is 13.7. The molecule has 2 N–H and O–H groups in total. The minimum atomic E-state index is -2.30. The van der Waals surface area contributed by atoms with Crippen molar-refractivity contribution in [2.45, 2.75) is 59.9 Å². The Bertz CT molecular complexity index is 3000. The number of esters is 1. The largest absolute Gasteiger partial charge is 0.612 e. The first-order valence-corrected chi connectivity index (χ1v) is 26.9. The van der Waals surface area contributed by atoms with Gasteiger partial charge in [0.2, 0.25) is 16.9 Å². The van der Waals surface area contributed by atoms with Gasteiger partial charge in [-0.05, 0) is 31.9 Å². The summed E-state index contributed by atoms with van der Waals surface area (Å²) in [5.74, 6) is -2.32. The molecule has 2 aromatic heterocycles. The van der Waals surface area contributed by atoms with E-state index in [4.69, 9.17) is 19.3 Å². The summed E-state index contributed by atoms with van der Waals surface area (Å²) in [7, 11) is 1.77. The van der Waals surface area contributed by atoms with Gasteiger partial charge in [-0.2, -0.15) is 0 Å². The molecule has 16 nitrogen and oxygen atoms in total. The van der Waals surface area contributed by atoms with Crippen LogP contribution >= 0.6 is 34.9 Å². The second-order valence-electron chi connectivity index (χ2n) is 17.6. The number of fused-ring (bicyclic) bond motifs is 1. The number of oxime groups is 1. The van der Waals surface area contributed by atoms with Crippen molar-refractivity contribution < 1.29 is 38.0 Å². The lowest BCUT2D eigenvalue weighted by atomic mass is 9.80. The van der Waals surface area contributed by atoms with Gasteiger partial charge in [-0.25, -0.2) is 14.6 Å². The Balaban J connectivity index is 1.19. The summed E-state index contributed by atoms with van der Waals surface area (Å²) in [6.07, 6.45) is 0.454. The first-order valence-electron chi connectivity index (χ1n) is 22.8. The van der Waals surface area contributed by atoms with Crippen LogP contribution in [0.1, 0.15) is 66.8 Å². The maximum absolute atomic E-state index is 15.7. The van der Waals surface area contributed by atoms with Crippen LogP contribution in [0.25, 0.3) is 0 Å². The molecular weight excluding hydrogens is 1000 g/mol. The number of thioether (sulfide) groups is 2. The van der Waals surface area contributed by atoms with Gasteiger partial charge in [-0.3, -0.25) is 25.1 Å². The van der Waals surface area contributed by atoms with Crippen molar-refractivity contribution in [3.8, 4) is 0 Å². The number of amides is 3. The van der Waals surface area contributed by atoms with Crippen molar-refractivity contribution in [3.05, 3.63) is 207 Å². The van der Waals surface area contributed by atoms with Crippen LogP contribution in [0.3, 0.4) is 0 Å². The van der Waals surface area contributed by atoms with Gasteiger partial charge in [-0.1, -0.05) is 169 Å². The molecule has 0 saturated carbocycles. The van der Waals surface area contributed by atoms with E-state index in [1.807, 2.05) is 152 Å². The number of β-lactam (4-membered cyclic amide) rings is 1. The van der Waals surface area contributed by atoms with Crippen LogP contribution in [0, 0.1) is 0 Å². The number of hydrogen-bond acceptors (Lipinski definition) is 15. The molecule has 0 spiro atoms. The molecule has 0 bridgehead atoms. The van der Waals surface area contributed by atoms with Gasteiger partial charge in [0.15, 0.2) is 22.1 Å². The predicted molar refractivity (Wildman–Crippen MR) is 281 cm³/mol. The SMILES string of the molecule is Cn1cnnc1SCSC1=C(C(=O)OC(c2ccccc2)c2ccccc2)N2C(=O)C[C@@H]2[S+]([O-])C1(NC(=O)C=NOC(c1ccccc1)(c1ccccc1)c1ccccc1)c1csc(NC(=O)OC(C)(C)C)n1. The van der Waals surface area contributed by atoms with Gasteiger partial charge in [0.1, 0.15) is 28.7 Å². The molecule has 7 aromatic rings. The quantitative estimate of drug-likeness (QED) is 0.0128. The lowest BCUT2D eigenvalue weighted by Gasteiger charge is -2.51. The van der Waals surface area contributed by atoms with Crippen molar-refractivity contribution in [1.29, 1.82) is 0 Å². The summed E-state index contributed by atoms with van der Waals surface area (Å²) in [5, 5.41) is 19.2. The molecule has 372 valence electrons. The van der Waals surface area contributed by atoms with E-state index in [1.54, 1.807) is 32.4 Å². The number of hydrogen-bond donors (Lipinski definition) is 2. The zero-order valence-corrected chi connectivity index (χ0v) is 43.1. The maximum Gasteiger partial charge on any atom is 0.413 e. The molecular formula is C53H48N8O8S4. The number of ether oxygens (including phenoxy) is 2. The van der Waals surface area contributed by atoms with E-state index < -0.39 is 62.6 Å². The number of aromatic nitrogens is 4. The number of nitrogens with zero attached hydrogens (tertiary/aromatic N) is 6. The Hall–Kier alpha value is -7.23. The zero-order valence-electron chi connectivity index (χ0n) is 39.8. The van der Waals surface area contributed by atoms with Crippen LogP contribution in [0.5, 0.6) is 0 Å². The van der Waals surface area contributed by atoms with Crippen LogP contribution in [-0.4, -0.2) is 75.4 Å². The van der Waals surface area contributed by atoms with E-state index in [0.29, 0.717) is 33.0 Å². The number of anilines is 1. The summed E-state index contributed by atoms with van der Waals surface area (Å²) in [6.45, 7) is 5.14. The standard InChI is InChI=1S/C53H48N8O8S4/c1-51(2,3)68-50(65)57-48-56-40(32-70-48)53(58-41(62)31-55-69-52(37-24-14-7-15-25-37,38-26-16-8-17-27-38)39-28-18-9-19-29-39)46(71-34-72-49-59-54-33-60(49)4)44(61-42(63)30-43(61)73(53)66)47(64)67-45(35-20-10-5-11-21-35)36-22-12-6-13-23-36/h5-29,31-33,43,45H,30,34H2,1-4H3,(H,58,62)(H,56,57,65)/t43-,53?,73?/m0/s1. The minimum Gasteiger partial charge on any atom is -0.612 e. The number of thiazole rings is 1. The van der Waals surface area contributed by atoms with E-state index in [-0.39, 0.29) is 32.9 Å². The van der Waals surface area contributed by atoms with Crippen molar-refractivity contribution in [2.24, 2.45) is 12.2 Å². The fraction of sp³-hybridized carbons (Fsp3) is 0.208. The molecule has 0 aliphatic carbocycles. The Morgan fingerprint density at radius 2 is 1.41 bits per heavy atom. The Labute approximate surface area is 436 Å². The second kappa shape index (κ2) is 21.9. The second-order valence-corrected chi connectivity index (χ2v) is 22.5. The number of aryl methyl sites for hydroxylation is 1. The molecule has 73 heavy (non-hydrogen) atoms. The van der Waals surface area contributed by atoms with Gasteiger partial charge in [0.25, 0.3) is 10.8 Å². The molecule has 3 amide bonds. The van der Waals surface area contributed by atoms with Crippen molar-refractivity contribution in [1.82, 2.24) is 30.0 Å². The number of carbonyl (C=O) groups is 4. The third-order valence-electron chi connectivity index (χ3n) is 11.6. The summed E-state index contributed by atoms with van der Waals surface area (Å²) in [5.41, 5.74) is 0.946. The van der Waals surface area contributed by atoms with Gasteiger partial charge in [0, 0.05) is 40.3 Å². The minimum absolute atomic E-state index is 0.0186. The fourth-order valence-electron chi connectivity index (χ4n) is 8.36. The smallest absolute Gasteiger partial charge is 0.413 e. The molecule has 9 rings (SSSR count). The molecule has 3 atom stereocenters. The van der Waals surface area contributed by atoms with Crippen molar-refractivity contribution >= 4 is 81.3 Å². The molecule has 20 heteroatoms. The molecule has 2 aliphatic heterocycles. The molecule has 0 radical (unpaired) electrons. The highest BCUT2D eigenvalue weighted by Gasteiger charge is 2.67. The van der Waals surface area contributed by atoms with Gasteiger partial charge in [0.05, 0.1) is 11.5 Å². The Morgan fingerprint density at radius 1 is 0.863 bits per heavy atom. The number of carbonyl (C=O) groups excluding carboxylic acids is 4. The molecule has 1 fully saturated rings. The third-order valence-corrected chi connectivity index (χ3v) is 16.8. The molecule has 4 heterocycles. The molecule has 1 saturated heterocycles. The lowest BCUT2D eigenvalue weighted by molar-refractivity contribution is -0.152.